The summed E-state index contributed by atoms with van der Waals surface area (Å²) >= 11 is 0. The topological polar surface area (TPSA) is 55.8 Å². The van der Waals surface area contributed by atoms with Gasteiger partial charge in [0, 0.05) is 0 Å². The molecule has 0 saturated heterocycles. The van der Waals surface area contributed by atoms with Gasteiger partial charge >= 0.3 is 5.97 Å². The van der Waals surface area contributed by atoms with E-state index in [1.807, 2.05) is 6.92 Å². The molecule has 0 atom stereocenters. The molecular formula is C19H16O4. The molecule has 0 bridgehead atoms. The molecule has 0 radical (unpaired) electrons. The molecule has 1 N–H and O–H groups in total. The number of esters is 1. The lowest BCUT2D eigenvalue weighted by Crippen LogP contribution is -2.08. The van der Waals surface area contributed by atoms with Crippen LogP contribution in [0, 0.1) is 6.92 Å². The van der Waals surface area contributed by atoms with Crippen molar-refractivity contribution in [2.24, 2.45) is 0 Å². The Balaban J connectivity index is 1.85. The number of carbonyl (C=O) groups excluding carboxylic acids is 1. The first kappa shape index (κ1) is 14.9. The highest BCUT2D eigenvalue weighted by Crippen LogP contribution is 2.25. The molecule has 3 rings (SSSR count). The van der Waals surface area contributed by atoms with Gasteiger partial charge in [0.25, 0.3) is 0 Å². The second kappa shape index (κ2) is 6.01. The van der Waals surface area contributed by atoms with Crippen molar-refractivity contribution in [1.29, 1.82) is 0 Å². The molecule has 0 aliphatic carbocycles. The van der Waals surface area contributed by atoms with Crippen molar-refractivity contribution in [3.05, 3.63) is 65.7 Å². The summed E-state index contributed by atoms with van der Waals surface area (Å²) in [5, 5.41) is 11.2. The van der Waals surface area contributed by atoms with Crippen molar-refractivity contribution in [2.45, 2.75) is 6.92 Å². The third-order valence-corrected chi connectivity index (χ3v) is 3.64. The van der Waals surface area contributed by atoms with Crippen molar-refractivity contribution in [3.63, 3.8) is 0 Å². The molecular weight excluding hydrogens is 292 g/mol. The van der Waals surface area contributed by atoms with E-state index < -0.39 is 5.97 Å². The lowest BCUT2D eigenvalue weighted by Gasteiger charge is -2.09. The molecule has 4 heteroatoms. The van der Waals surface area contributed by atoms with Crippen LogP contribution >= 0.6 is 0 Å². The van der Waals surface area contributed by atoms with Crippen LogP contribution in [0.4, 0.5) is 0 Å². The Morgan fingerprint density at radius 1 is 0.957 bits per heavy atom. The smallest absolute Gasteiger partial charge is 0.343 e. The zero-order valence-electron chi connectivity index (χ0n) is 12.9. The van der Waals surface area contributed by atoms with Gasteiger partial charge in [0.05, 0.1) is 12.7 Å². The largest absolute Gasteiger partial charge is 0.508 e. The van der Waals surface area contributed by atoms with E-state index in [9.17, 15) is 9.90 Å². The number of ether oxygens (including phenoxy) is 2. The minimum Gasteiger partial charge on any atom is -0.508 e. The summed E-state index contributed by atoms with van der Waals surface area (Å²) in [6.45, 7) is 1.89. The molecule has 0 amide bonds. The number of phenolic OH excluding ortho intramolecular Hbond substituents is 1. The van der Waals surface area contributed by atoms with Crippen LogP contribution in [-0.2, 0) is 0 Å². The van der Waals surface area contributed by atoms with Gasteiger partial charge < -0.3 is 14.6 Å². The molecule has 3 aromatic carbocycles. The Hall–Kier alpha value is -3.01. The summed E-state index contributed by atoms with van der Waals surface area (Å²) in [4.78, 5) is 12.3. The number of methoxy groups -OCH3 is 1. The zero-order chi connectivity index (χ0) is 16.4. The Labute approximate surface area is 133 Å². The van der Waals surface area contributed by atoms with Gasteiger partial charge in [-0.3, -0.25) is 0 Å². The van der Waals surface area contributed by atoms with E-state index in [-0.39, 0.29) is 5.75 Å². The highest BCUT2D eigenvalue weighted by atomic mass is 16.5. The molecule has 0 saturated carbocycles. The number of aryl methyl sites for hydroxylation is 1. The number of hydrogen-bond donors (Lipinski definition) is 1. The van der Waals surface area contributed by atoms with Gasteiger partial charge in [-0.25, -0.2) is 4.79 Å². The molecule has 0 aliphatic rings. The van der Waals surface area contributed by atoms with Crippen LogP contribution < -0.4 is 9.47 Å². The van der Waals surface area contributed by atoms with E-state index in [0.717, 1.165) is 22.1 Å². The number of phenols is 1. The monoisotopic (exact) mass is 308 g/mol. The summed E-state index contributed by atoms with van der Waals surface area (Å²) in [6.07, 6.45) is 0. The molecule has 4 nitrogen and oxygen atoms in total. The quantitative estimate of drug-likeness (QED) is 0.585. The summed E-state index contributed by atoms with van der Waals surface area (Å²) in [5.41, 5.74) is 1.35. The molecule has 0 aromatic heterocycles. The molecule has 3 aromatic rings. The fourth-order valence-corrected chi connectivity index (χ4v) is 2.44. The standard InChI is InChI=1S/C19H16O4/c1-12-9-17(7-8-18(12)22-2)23-19(21)15-4-3-14-11-16(20)6-5-13(14)10-15/h3-11,20H,1-2H3. The van der Waals surface area contributed by atoms with E-state index in [2.05, 4.69) is 0 Å². The van der Waals surface area contributed by atoms with Crippen LogP contribution in [0.3, 0.4) is 0 Å². The molecule has 0 aliphatic heterocycles. The van der Waals surface area contributed by atoms with E-state index >= 15 is 0 Å². The lowest BCUT2D eigenvalue weighted by atomic mass is 10.1. The maximum absolute atomic E-state index is 12.3. The Morgan fingerprint density at radius 2 is 1.70 bits per heavy atom. The van der Waals surface area contributed by atoms with Gasteiger partial charge in [0.2, 0.25) is 0 Å². The molecule has 116 valence electrons. The number of aromatic hydroxyl groups is 1. The fraction of sp³-hybridized carbons (Fsp3) is 0.105. The zero-order valence-corrected chi connectivity index (χ0v) is 12.9. The number of rotatable bonds is 3. The summed E-state index contributed by atoms with van der Waals surface area (Å²) in [6, 6.07) is 15.4. The van der Waals surface area contributed by atoms with E-state index in [0.29, 0.717) is 11.3 Å². The van der Waals surface area contributed by atoms with Gasteiger partial charge in [-0.05, 0) is 65.7 Å². The highest BCUT2D eigenvalue weighted by molar-refractivity contribution is 5.96. The van der Waals surface area contributed by atoms with Gasteiger partial charge in [-0.2, -0.15) is 0 Å². The van der Waals surface area contributed by atoms with Crippen molar-refractivity contribution in [1.82, 2.24) is 0 Å². The predicted molar refractivity (Wildman–Crippen MR) is 88.3 cm³/mol. The first-order chi connectivity index (χ1) is 11.1. The summed E-state index contributed by atoms with van der Waals surface area (Å²) in [5.74, 6) is 0.987. The third-order valence-electron chi connectivity index (χ3n) is 3.64. The van der Waals surface area contributed by atoms with Crippen LogP contribution in [0.2, 0.25) is 0 Å². The number of carbonyl (C=O) groups is 1. The van der Waals surface area contributed by atoms with Crippen molar-refractivity contribution < 1.29 is 19.4 Å². The number of fused-ring (bicyclic) bond motifs is 1. The number of hydrogen-bond acceptors (Lipinski definition) is 4. The van der Waals surface area contributed by atoms with Crippen molar-refractivity contribution in [2.75, 3.05) is 7.11 Å². The fourth-order valence-electron chi connectivity index (χ4n) is 2.44. The Morgan fingerprint density at radius 3 is 2.43 bits per heavy atom. The molecule has 0 fully saturated rings. The van der Waals surface area contributed by atoms with E-state index in [1.165, 1.54) is 0 Å². The SMILES string of the molecule is COc1ccc(OC(=O)c2ccc3cc(O)ccc3c2)cc1C. The normalized spacial score (nSPS) is 10.5. The van der Waals surface area contributed by atoms with Gasteiger partial charge in [-0.1, -0.05) is 12.1 Å². The summed E-state index contributed by atoms with van der Waals surface area (Å²) < 4.78 is 10.6. The second-order valence-corrected chi connectivity index (χ2v) is 5.27. The maximum atomic E-state index is 12.3. The lowest BCUT2D eigenvalue weighted by molar-refractivity contribution is 0.0734. The second-order valence-electron chi connectivity index (χ2n) is 5.27. The van der Waals surface area contributed by atoms with Crippen molar-refractivity contribution in [3.8, 4) is 17.2 Å². The molecule has 0 heterocycles. The van der Waals surface area contributed by atoms with E-state index in [1.54, 1.807) is 61.7 Å². The van der Waals surface area contributed by atoms with Crippen LogP contribution in [0.15, 0.2) is 54.6 Å². The molecule has 0 unspecified atom stereocenters. The minimum atomic E-state index is -0.426. The minimum absolute atomic E-state index is 0.196. The van der Waals surface area contributed by atoms with Gasteiger partial charge in [0.15, 0.2) is 0 Å². The van der Waals surface area contributed by atoms with Crippen LogP contribution in [0.25, 0.3) is 10.8 Å². The van der Waals surface area contributed by atoms with Gasteiger partial charge in [0.1, 0.15) is 17.2 Å². The highest BCUT2D eigenvalue weighted by Gasteiger charge is 2.10. The van der Waals surface area contributed by atoms with Crippen molar-refractivity contribution >= 4 is 16.7 Å². The third kappa shape index (κ3) is 3.11. The predicted octanol–water partition coefficient (Wildman–Crippen LogP) is 4.08. The number of benzene rings is 3. The van der Waals surface area contributed by atoms with Crippen LogP contribution in [0.1, 0.15) is 15.9 Å². The Kier molecular flexibility index (Phi) is 3.89. The first-order valence-electron chi connectivity index (χ1n) is 7.16. The average molecular weight is 308 g/mol. The first-order valence-corrected chi connectivity index (χ1v) is 7.16. The van der Waals surface area contributed by atoms with Crippen LogP contribution in [0.5, 0.6) is 17.2 Å². The molecule has 0 spiro atoms. The Bertz CT molecular complexity index is 884. The molecule has 23 heavy (non-hydrogen) atoms. The van der Waals surface area contributed by atoms with E-state index in [4.69, 9.17) is 9.47 Å². The average Bonchev–Trinajstić information content (AvgIpc) is 2.54. The maximum Gasteiger partial charge on any atom is 0.343 e. The van der Waals surface area contributed by atoms with Crippen LogP contribution in [-0.4, -0.2) is 18.2 Å². The van der Waals surface area contributed by atoms with Gasteiger partial charge in [-0.15, -0.1) is 0 Å². The summed E-state index contributed by atoms with van der Waals surface area (Å²) in [7, 11) is 1.60.